The first-order valence-electron chi connectivity index (χ1n) is 6.08. The average Bonchev–Trinajstić information content (AvgIpc) is 2.77. The fourth-order valence-corrected chi connectivity index (χ4v) is 1.78. The van der Waals surface area contributed by atoms with E-state index in [1.54, 1.807) is 0 Å². The molecule has 0 saturated heterocycles. The van der Waals surface area contributed by atoms with Gasteiger partial charge in [-0.15, -0.1) is 0 Å². The lowest BCUT2D eigenvalue weighted by Crippen LogP contribution is -2.07. The Morgan fingerprint density at radius 2 is 1.59 bits per heavy atom. The van der Waals surface area contributed by atoms with Gasteiger partial charge in [0.15, 0.2) is 5.69 Å². The lowest BCUT2D eigenvalue weighted by Gasteiger charge is -2.09. The van der Waals surface area contributed by atoms with Crippen molar-refractivity contribution in [2.45, 2.75) is 18.9 Å². The van der Waals surface area contributed by atoms with Crippen molar-refractivity contribution in [3.63, 3.8) is 0 Å². The second-order valence-corrected chi connectivity index (χ2v) is 4.57. The fourth-order valence-electron chi connectivity index (χ4n) is 1.78. The van der Waals surface area contributed by atoms with Gasteiger partial charge >= 0.3 is 12.4 Å². The number of alkyl halides is 6. The maximum atomic E-state index is 12.5. The van der Waals surface area contributed by atoms with Crippen molar-refractivity contribution in [3.8, 4) is 0 Å². The summed E-state index contributed by atoms with van der Waals surface area (Å²) in [6.45, 7) is 0.00491. The van der Waals surface area contributed by atoms with E-state index in [4.69, 9.17) is 0 Å². The van der Waals surface area contributed by atoms with Crippen molar-refractivity contribution in [1.29, 1.82) is 0 Å². The molecule has 2 rings (SSSR count). The van der Waals surface area contributed by atoms with Crippen LogP contribution in [0.3, 0.4) is 0 Å². The molecule has 0 aliphatic heterocycles. The molecule has 3 nitrogen and oxygen atoms in total. The second kappa shape index (κ2) is 5.54. The van der Waals surface area contributed by atoms with Crippen LogP contribution in [0.2, 0.25) is 0 Å². The number of rotatable bonds is 3. The summed E-state index contributed by atoms with van der Waals surface area (Å²) in [6, 6.07) is 5.10. The van der Waals surface area contributed by atoms with E-state index >= 15 is 0 Å². The van der Waals surface area contributed by atoms with Gasteiger partial charge in [0.1, 0.15) is 0 Å². The predicted molar refractivity (Wildman–Crippen MR) is 67.0 cm³/mol. The summed E-state index contributed by atoms with van der Waals surface area (Å²) in [4.78, 5) is 0. The van der Waals surface area contributed by atoms with Crippen LogP contribution < -0.4 is 5.32 Å². The molecule has 0 bridgehead atoms. The van der Waals surface area contributed by atoms with E-state index in [1.807, 2.05) is 0 Å². The molecule has 0 unspecified atom stereocenters. The molecule has 0 atom stereocenters. The van der Waals surface area contributed by atoms with Gasteiger partial charge in [-0.05, 0) is 30.3 Å². The zero-order chi connectivity index (χ0) is 16.5. The maximum Gasteiger partial charge on any atom is 0.435 e. The molecule has 1 N–H and O–H groups in total. The highest BCUT2D eigenvalue weighted by atomic mass is 19.4. The number of nitrogens with zero attached hydrogens (tertiary/aromatic N) is 2. The Morgan fingerprint density at radius 1 is 1.00 bits per heavy atom. The molecule has 1 aromatic heterocycles. The molecule has 2 aromatic rings. The second-order valence-electron chi connectivity index (χ2n) is 4.57. The van der Waals surface area contributed by atoms with Gasteiger partial charge in [-0.2, -0.15) is 31.4 Å². The zero-order valence-electron chi connectivity index (χ0n) is 11.3. The number of aromatic nitrogens is 2. The highest BCUT2D eigenvalue weighted by molar-refractivity contribution is 5.45. The van der Waals surface area contributed by atoms with Crippen LogP contribution >= 0.6 is 0 Å². The standard InChI is InChI=1S/C13H11F6N3/c1-22-10(6-11(21-22)13(17,18)19)7-20-9-4-2-8(3-5-9)12(14,15)16/h2-6,20H,7H2,1H3. The minimum absolute atomic E-state index is 0.00491. The van der Waals surface area contributed by atoms with Crippen LogP contribution in [0, 0.1) is 0 Å². The Balaban J connectivity index is 2.06. The molecule has 1 heterocycles. The highest BCUT2D eigenvalue weighted by Gasteiger charge is 2.34. The molecular weight excluding hydrogens is 312 g/mol. The molecular formula is C13H11F6N3. The van der Waals surface area contributed by atoms with Crippen molar-refractivity contribution < 1.29 is 26.3 Å². The van der Waals surface area contributed by atoms with Crippen molar-refractivity contribution in [1.82, 2.24) is 9.78 Å². The van der Waals surface area contributed by atoms with Gasteiger partial charge in [-0.3, -0.25) is 4.68 Å². The number of benzene rings is 1. The molecule has 0 saturated carbocycles. The minimum Gasteiger partial charge on any atom is -0.379 e. The van der Waals surface area contributed by atoms with Gasteiger partial charge in [0.25, 0.3) is 0 Å². The van der Waals surface area contributed by atoms with Crippen molar-refractivity contribution in [2.75, 3.05) is 5.32 Å². The number of nitrogens with one attached hydrogen (secondary N) is 1. The topological polar surface area (TPSA) is 29.9 Å². The number of aryl methyl sites for hydroxylation is 1. The fraction of sp³-hybridized carbons (Fsp3) is 0.308. The summed E-state index contributed by atoms with van der Waals surface area (Å²) in [5.74, 6) is 0. The Kier molecular flexibility index (Phi) is 4.08. The minimum atomic E-state index is -4.54. The largest absolute Gasteiger partial charge is 0.435 e. The van der Waals surface area contributed by atoms with Crippen LogP contribution in [-0.2, 0) is 25.9 Å². The van der Waals surface area contributed by atoms with E-state index in [-0.39, 0.29) is 12.2 Å². The number of anilines is 1. The van der Waals surface area contributed by atoms with Gasteiger partial charge in [-0.1, -0.05) is 0 Å². The van der Waals surface area contributed by atoms with E-state index in [0.717, 1.165) is 22.9 Å². The van der Waals surface area contributed by atoms with Crippen LogP contribution in [0.4, 0.5) is 32.0 Å². The Morgan fingerprint density at radius 3 is 2.05 bits per heavy atom. The molecule has 0 amide bonds. The van der Waals surface area contributed by atoms with E-state index < -0.39 is 23.6 Å². The highest BCUT2D eigenvalue weighted by Crippen LogP contribution is 2.30. The van der Waals surface area contributed by atoms with E-state index in [2.05, 4.69) is 10.4 Å². The molecule has 0 radical (unpaired) electrons. The quantitative estimate of drug-likeness (QED) is 0.863. The zero-order valence-corrected chi connectivity index (χ0v) is 11.3. The van der Waals surface area contributed by atoms with Crippen molar-refractivity contribution in [2.24, 2.45) is 7.05 Å². The third-order valence-corrected chi connectivity index (χ3v) is 2.95. The SMILES string of the molecule is Cn1nc(C(F)(F)F)cc1CNc1ccc(C(F)(F)F)cc1. The third-order valence-electron chi connectivity index (χ3n) is 2.95. The maximum absolute atomic E-state index is 12.5. The van der Waals surface area contributed by atoms with Gasteiger partial charge in [-0.25, -0.2) is 0 Å². The summed E-state index contributed by atoms with van der Waals surface area (Å²) in [5.41, 5.74) is -1.19. The summed E-state index contributed by atoms with van der Waals surface area (Å²) in [7, 11) is 1.36. The first-order valence-corrected chi connectivity index (χ1v) is 6.08. The molecule has 0 aliphatic rings. The van der Waals surface area contributed by atoms with Gasteiger partial charge in [0.2, 0.25) is 0 Å². The number of hydrogen-bond donors (Lipinski definition) is 1. The molecule has 9 heteroatoms. The lowest BCUT2D eigenvalue weighted by molar-refractivity contribution is -0.141. The number of halogens is 6. The molecule has 0 fully saturated rings. The summed E-state index contributed by atoms with van der Waals surface area (Å²) < 4.78 is 75.8. The van der Waals surface area contributed by atoms with Crippen LogP contribution in [0.1, 0.15) is 17.0 Å². The first-order chi connectivity index (χ1) is 10.1. The third kappa shape index (κ3) is 3.71. The normalized spacial score (nSPS) is 12.5. The van der Waals surface area contributed by atoms with Gasteiger partial charge in [0, 0.05) is 12.7 Å². The molecule has 0 aliphatic carbocycles. The van der Waals surface area contributed by atoms with E-state index in [1.165, 1.54) is 19.2 Å². The Labute approximate surface area is 121 Å². The molecule has 0 spiro atoms. The summed E-state index contributed by atoms with van der Waals surface area (Å²) >= 11 is 0. The van der Waals surface area contributed by atoms with E-state index in [0.29, 0.717) is 5.69 Å². The van der Waals surface area contributed by atoms with Crippen LogP contribution in [0.15, 0.2) is 30.3 Å². The summed E-state index contributed by atoms with van der Waals surface area (Å²) in [6.07, 6.45) is -8.97. The average molecular weight is 323 g/mol. The van der Waals surface area contributed by atoms with Crippen molar-refractivity contribution in [3.05, 3.63) is 47.3 Å². The Hall–Kier alpha value is -2.19. The van der Waals surface area contributed by atoms with E-state index in [9.17, 15) is 26.3 Å². The van der Waals surface area contributed by atoms with Crippen LogP contribution in [-0.4, -0.2) is 9.78 Å². The lowest BCUT2D eigenvalue weighted by atomic mass is 10.2. The number of hydrogen-bond acceptors (Lipinski definition) is 2. The molecule has 120 valence electrons. The van der Waals surface area contributed by atoms with Gasteiger partial charge < -0.3 is 5.32 Å². The van der Waals surface area contributed by atoms with Crippen LogP contribution in [0.25, 0.3) is 0 Å². The Bertz CT molecular complexity index is 639. The van der Waals surface area contributed by atoms with Crippen LogP contribution in [0.5, 0.6) is 0 Å². The predicted octanol–water partition coefficient (Wildman–Crippen LogP) is 4.07. The summed E-state index contributed by atoms with van der Waals surface area (Å²) in [5, 5.41) is 6.09. The molecule has 1 aromatic carbocycles. The first kappa shape index (κ1) is 16.2. The van der Waals surface area contributed by atoms with Gasteiger partial charge in [0.05, 0.1) is 17.8 Å². The van der Waals surface area contributed by atoms with Crippen molar-refractivity contribution >= 4 is 5.69 Å². The monoisotopic (exact) mass is 323 g/mol. The molecule has 22 heavy (non-hydrogen) atoms. The smallest absolute Gasteiger partial charge is 0.379 e.